The molecular formula is C12H10N2O3. The maximum atomic E-state index is 8.46. The molecular weight excluding hydrogens is 220 g/mol. The van der Waals surface area contributed by atoms with Gasteiger partial charge in [0, 0.05) is 12.2 Å². The van der Waals surface area contributed by atoms with Gasteiger partial charge in [-0.1, -0.05) is 0 Å². The van der Waals surface area contributed by atoms with E-state index in [-0.39, 0.29) is 0 Å². The minimum absolute atomic E-state index is 0.364. The second-order valence-corrected chi connectivity index (χ2v) is 2.82. The monoisotopic (exact) mass is 230 g/mol. The highest BCUT2D eigenvalue weighted by Crippen LogP contribution is 2.39. The van der Waals surface area contributed by atoms with E-state index in [2.05, 4.69) is 0 Å². The second-order valence-electron chi connectivity index (χ2n) is 2.82. The Balaban J connectivity index is 3.29. The van der Waals surface area contributed by atoms with E-state index in [0.29, 0.717) is 23.0 Å². The summed E-state index contributed by atoms with van der Waals surface area (Å²) >= 11 is 0. The van der Waals surface area contributed by atoms with E-state index >= 15 is 0 Å². The van der Waals surface area contributed by atoms with Crippen LogP contribution in [0.4, 0.5) is 0 Å². The summed E-state index contributed by atoms with van der Waals surface area (Å²) in [4.78, 5) is 0. The molecule has 0 bridgehead atoms. The maximum Gasteiger partial charge on any atom is 0.207 e. The molecule has 0 saturated heterocycles. The topological polar surface area (TPSA) is 79.2 Å². The zero-order valence-corrected chi connectivity index (χ0v) is 9.43. The molecule has 0 unspecified atom stereocenters. The third kappa shape index (κ3) is 2.67. The summed E-state index contributed by atoms with van der Waals surface area (Å²) in [6.45, 7) is 0. The SMILES string of the molecule is COc1c(/C=C\C#N)oc(/C=C/C#N)c1OC. The van der Waals surface area contributed by atoms with E-state index in [1.807, 2.05) is 12.1 Å². The standard InChI is InChI=1S/C12H10N2O3/c1-15-11-9(5-3-7-13)17-10(6-4-8-14)12(11)16-2/h3-6H,1-2H3/b5-3-,6-4+. The van der Waals surface area contributed by atoms with Gasteiger partial charge in [-0.15, -0.1) is 0 Å². The van der Waals surface area contributed by atoms with Crippen molar-refractivity contribution in [1.82, 2.24) is 0 Å². The molecule has 0 aliphatic rings. The van der Waals surface area contributed by atoms with E-state index in [1.54, 1.807) is 0 Å². The maximum absolute atomic E-state index is 8.46. The Bertz CT molecular complexity index is 481. The predicted molar refractivity (Wildman–Crippen MR) is 61.1 cm³/mol. The molecule has 0 aliphatic carbocycles. The van der Waals surface area contributed by atoms with Crippen LogP contribution in [-0.2, 0) is 0 Å². The average molecular weight is 230 g/mol. The van der Waals surface area contributed by atoms with Crippen molar-refractivity contribution in [3.05, 3.63) is 23.7 Å². The largest absolute Gasteiger partial charge is 0.490 e. The number of ether oxygens (including phenoxy) is 2. The van der Waals surface area contributed by atoms with Crippen molar-refractivity contribution in [1.29, 1.82) is 10.5 Å². The summed E-state index contributed by atoms with van der Waals surface area (Å²) in [5, 5.41) is 16.9. The van der Waals surface area contributed by atoms with Gasteiger partial charge < -0.3 is 13.9 Å². The summed E-state index contributed by atoms with van der Waals surface area (Å²) in [6, 6.07) is 3.70. The van der Waals surface area contributed by atoms with Crippen LogP contribution in [0.5, 0.6) is 11.5 Å². The van der Waals surface area contributed by atoms with Gasteiger partial charge in [0.25, 0.3) is 0 Å². The van der Waals surface area contributed by atoms with Crippen LogP contribution in [-0.4, -0.2) is 14.2 Å². The molecule has 1 aromatic heterocycles. The summed E-state index contributed by atoms with van der Waals surface area (Å²) in [6.07, 6.45) is 5.45. The van der Waals surface area contributed by atoms with Crippen molar-refractivity contribution in [2.75, 3.05) is 14.2 Å². The second kappa shape index (κ2) is 6.04. The molecule has 0 aromatic carbocycles. The quantitative estimate of drug-likeness (QED) is 0.742. The highest BCUT2D eigenvalue weighted by Gasteiger charge is 2.18. The van der Waals surface area contributed by atoms with Crippen LogP contribution in [0.2, 0.25) is 0 Å². The summed E-state index contributed by atoms with van der Waals surface area (Å²) < 4.78 is 15.7. The lowest BCUT2D eigenvalue weighted by Crippen LogP contribution is -1.88. The summed E-state index contributed by atoms with van der Waals surface area (Å²) in [5.41, 5.74) is 0. The molecule has 0 fully saturated rings. The van der Waals surface area contributed by atoms with Gasteiger partial charge in [-0.05, 0) is 12.2 Å². The summed E-state index contributed by atoms with van der Waals surface area (Å²) in [7, 11) is 2.93. The number of hydrogen-bond acceptors (Lipinski definition) is 5. The van der Waals surface area contributed by atoms with Crippen molar-refractivity contribution < 1.29 is 13.9 Å². The Morgan fingerprint density at radius 2 is 1.35 bits per heavy atom. The van der Waals surface area contributed by atoms with Gasteiger partial charge in [0.2, 0.25) is 11.5 Å². The fourth-order valence-corrected chi connectivity index (χ4v) is 1.27. The molecule has 0 atom stereocenters. The van der Waals surface area contributed by atoms with Crippen molar-refractivity contribution in [2.45, 2.75) is 0 Å². The molecule has 0 radical (unpaired) electrons. The average Bonchev–Trinajstić information content (AvgIpc) is 2.70. The molecule has 17 heavy (non-hydrogen) atoms. The number of hydrogen-bond donors (Lipinski definition) is 0. The first-order valence-corrected chi connectivity index (χ1v) is 4.65. The third-order valence-electron chi connectivity index (χ3n) is 1.90. The van der Waals surface area contributed by atoms with Crippen LogP contribution in [0, 0.1) is 22.7 Å². The minimum Gasteiger partial charge on any atom is -0.490 e. The van der Waals surface area contributed by atoms with E-state index in [4.69, 9.17) is 24.4 Å². The van der Waals surface area contributed by atoms with Crippen molar-refractivity contribution >= 4 is 12.2 Å². The van der Waals surface area contributed by atoms with Crippen LogP contribution in [0.1, 0.15) is 11.5 Å². The zero-order valence-electron chi connectivity index (χ0n) is 9.43. The normalized spacial score (nSPS) is 10.4. The van der Waals surface area contributed by atoms with E-state index in [0.717, 1.165) is 0 Å². The van der Waals surface area contributed by atoms with E-state index < -0.39 is 0 Å². The van der Waals surface area contributed by atoms with Crippen molar-refractivity contribution in [3.63, 3.8) is 0 Å². The molecule has 1 heterocycles. The smallest absolute Gasteiger partial charge is 0.207 e. The fraction of sp³-hybridized carbons (Fsp3) is 0.167. The van der Waals surface area contributed by atoms with Crippen LogP contribution < -0.4 is 9.47 Å². The lowest BCUT2D eigenvalue weighted by atomic mass is 10.3. The van der Waals surface area contributed by atoms with Crippen LogP contribution in [0.25, 0.3) is 12.2 Å². The molecule has 0 aliphatic heterocycles. The number of nitrogens with zero attached hydrogens (tertiary/aromatic N) is 2. The van der Waals surface area contributed by atoms with Crippen molar-refractivity contribution in [2.24, 2.45) is 0 Å². The first kappa shape index (κ1) is 12.4. The Morgan fingerprint density at radius 1 is 0.941 bits per heavy atom. The molecule has 5 heteroatoms. The molecule has 0 spiro atoms. The highest BCUT2D eigenvalue weighted by molar-refractivity contribution is 5.67. The first-order chi connectivity index (χ1) is 8.28. The molecule has 0 saturated carbocycles. The Labute approximate surface area is 98.8 Å². The Hall–Kier alpha value is -2.66. The van der Waals surface area contributed by atoms with Crippen LogP contribution in [0.3, 0.4) is 0 Å². The number of furan rings is 1. The first-order valence-electron chi connectivity index (χ1n) is 4.65. The van der Waals surface area contributed by atoms with Gasteiger partial charge in [0.1, 0.15) is 0 Å². The zero-order chi connectivity index (χ0) is 12.7. The molecule has 86 valence electrons. The molecule has 1 aromatic rings. The third-order valence-corrected chi connectivity index (χ3v) is 1.90. The molecule has 0 N–H and O–H groups in total. The lowest BCUT2D eigenvalue weighted by Gasteiger charge is -2.00. The highest BCUT2D eigenvalue weighted by atomic mass is 16.5. The predicted octanol–water partition coefficient (Wildman–Crippen LogP) is 2.37. The number of allylic oxidation sites excluding steroid dienone is 2. The Kier molecular flexibility index (Phi) is 4.41. The number of rotatable bonds is 4. The molecule has 5 nitrogen and oxygen atoms in total. The van der Waals surface area contributed by atoms with Crippen LogP contribution in [0.15, 0.2) is 16.6 Å². The number of nitriles is 2. The van der Waals surface area contributed by atoms with E-state index in [9.17, 15) is 0 Å². The van der Waals surface area contributed by atoms with Gasteiger partial charge in [-0.25, -0.2) is 0 Å². The van der Waals surface area contributed by atoms with Gasteiger partial charge in [-0.2, -0.15) is 10.5 Å². The number of methoxy groups -OCH3 is 2. The molecule has 1 rings (SSSR count). The fourth-order valence-electron chi connectivity index (χ4n) is 1.27. The molecule has 0 amide bonds. The van der Waals surface area contributed by atoms with Gasteiger partial charge in [-0.3, -0.25) is 0 Å². The Morgan fingerprint density at radius 3 is 1.65 bits per heavy atom. The van der Waals surface area contributed by atoms with Gasteiger partial charge in [0.05, 0.1) is 26.4 Å². The summed E-state index contributed by atoms with van der Waals surface area (Å²) in [5.74, 6) is 1.50. The van der Waals surface area contributed by atoms with Crippen molar-refractivity contribution in [3.8, 4) is 23.6 Å². The lowest BCUT2D eigenvalue weighted by molar-refractivity contribution is 0.357. The van der Waals surface area contributed by atoms with Crippen LogP contribution >= 0.6 is 0 Å². The minimum atomic E-state index is 0.364. The van der Waals surface area contributed by atoms with Gasteiger partial charge in [0.15, 0.2) is 11.5 Å². The van der Waals surface area contributed by atoms with E-state index in [1.165, 1.54) is 38.5 Å². The van der Waals surface area contributed by atoms with Gasteiger partial charge >= 0.3 is 0 Å².